The van der Waals surface area contributed by atoms with E-state index in [1.165, 1.54) is 18.2 Å². The quantitative estimate of drug-likeness (QED) is 0.731. The van der Waals surface area contributed by atoms with Crippen molar-refractivity contribution in [3.05, 3.63) is 34.3 Å². The van der Waals surface area contributed by atoms with Gasteiger partial charge in [-0.25, -0.2) is 0 Å². The lowest BCUT2D eigenvalue weighted by atomic mass is 9.91. The molecule has 1 aliphatic carbocycles. The van der Waals surface area contributed by atoms with Crippen molar-refractivity contribution >= 4 is 17.4 Å². The highest BCUT2D eigenvalue weighted by Gasteiger charge is 2.68. The van der Waals surface area contributed by atoms with Crippen LogP contribution in [0.2, 0.25) is 5.02 Å². The Balaban J connectivity index is 2.39. The van der Waals surface area contributed by atoms with Gasteiger partial charge in [-0.3, -0.25) is 4.79 Å². The van der Waals surface area contributed by atoms with E-state index >= 15 is 0 Å². The molecule has 0 atom stereocenters. The Labute approximate surface area is 102 Å². The summed E-state index contributed by atoms with van der Waals surface area (Å²) in [5.74, 6) is -0.834. The summed E-state index contributed by atoms with van der Waals surface area (Å²) in [5, 5.41) is 0.413. The molecule has 0 unspecified atom stereocenters. The van der Waals surface area contributed by atoms with Gasteiger partial charge in [-0.2, -0.15) is 13.2 Å². The fraction of sp³-hybridized carbons (Fsp3) is 0.417. The second-order valence-electron chi connectivity index (χ2n) is 4.37. The van der Waals surface area contributed by atoms with Gasteiger partial charge in [0.15, 0.2) is 5.78 Å². The Bertz CT molecular complexity index is 475. The lowest BCUT2D eigenvalue weighted by molar-refractivity contribution is -0.171. The standard InChI is InChI=1S/C12H10ClF3O/c1-7-6-8(13)2-3-9(7)10(17)11(4-5-11)12(14,15)16/h2-3,6H,4-5H2,1H3. The van der Waals surface area contributed by atoms with E-state index < -0.39 is 17.4 Å². The molecule has 92 valence electrons. The SMILES string of the molecule is Cc1cc(Cl)ccc1C(=O)C1(C(F)(F)F)CC1. The molecule has 1 aromatic carbocycles. The summed E-state index contributed by atoms with van der Waals surface area (Å²) in [7, 11) is 0. The zero-order valence-corrected chi connectivity index (χ0v) is 9.82. The van der Waals surface area contributed by atoms with E-state index in [0.717, 1.165) is 0 Å². The Morgan fingerprint density at radius 3 is 2.35 bits per heavy atom. The van der Waals surface area contributed by atoms with Gasteiger partial charge in [-0.05, 0) is 43.5 Å². The molecule has 0 N–H and O–H groups in total. The van der Waals surface area contributed by atoms with Crippen LogP contribution in [-0.4, -0.2) is 12.0 Å². The molecule has 1 fully saturated rings. The summed E-state index contributed by atoms with van der Waals surface area (Å²) >= 11 is 5.71. The molecule has 1 aromatic rings. The highest BCUT2D eigenvalue weighted by atomic mass is 35.5. The van der Waals surface area contributed by atoms with Crippen LogP contribution in [0.5, 0.6) is 0 Å². The van der Waals surface area contributed by atoms with Gasteiger partial charge in [0.2, 0.25) is 0 Å². The van der Waals surface area contributed by atoms with Crippen molar-refractivity contribution in [3.63, 3.8) is 0 Å². The molecule has 0 amide bonds. The molecule has 0 aliphatic heterocycles. The minimum absolute atomic E-state index is 0.114. The maximum Gasteiger partial charge on any atom is 0.401 e. The van der Waals surface area contributed by atoms with Crippen LogP contribution < -0.4 is 0 Å². The number of aryl methyl sites for hydroxylation is 1. The third-order valence-corrected chi connectivity index (χ3v) is 3.40. The first kappa shape index (κ1) is 12.4. The van der Waals surface area contributed by atoms with Gasteiger partial charge in [0, 0.05) is 10.6 Å². The van der Waals surface area contributed by atoms with Crippen LogP contribution in [0.25, 0.3) is 0 Å². The third kappa shape index (κ3) is 1.95. The van der Waals surface area contributed by atoms with E-state index in [-0.39, 0.29) is 18.4 Å². The van der Waals surface area contributed by atoms with Crippen LogP contribution in [0, 0.1) is 12.3 Å². The van der Waals surface area contributed by atoms with E-state index in [2.05, 4.69) is 0 Å². The Kier molecular flexibility index (Phi) is 2.73. The molecule has 0 spiro atoms. The van der Waals surface area contributed by atoms with Crippen LogP contribution in [0.4, 0.5) is 13.2 Å². The van der Waals surface area contributed by atoms with Gasteiger partial charge in [0.05, 0.1) is 0 Å². The minimum Gasteiger partial charge on any atom is -0.293 e. The number of Topliss-reactive ketones (excluding diaryl/α,β-unsaturated/α-hetero) is 1. The van der Waals surface area contributed by atoms with Crippen LogP contribution in [0.3, 0.4) is 0 Å². The largest absolute Gasteiger partial charge is 0.401 e. The number of hydrogen-bond donors (Lipinski definition) is 0. The number of alkyl halides is 3. The van der Waals surface area contributed by atoms with Gasteiger partial charge < -0.3 is 0 Å². The number of carbonyl (C=O) groups is 1. The molecule has 1 saturated carbocycles. The molecular weight excluding hydrogens is 253 g/mol. The molecule has 1 nitrogen and oxygen atoms in total. The molecule has 0 saturated heterocycles. The molecule has 2 rings (SSSR count). The van der Waals surface area contributed by atoms with E-state index in [9.17, 15) is 18.0 Å². The maximum absolute atomic E-state index is 12.8. The lowest BCUT2D eigenvalue weighted by Gasteiger charge is -2.18. The van der Waals surface area contributed by atoms with Gasteiger partial charge >= 0.3 is 6.18 Å². The predicted octanol–water partition coefficient (Wildman–Crippen LogP) is 4.17. The van der Waals surface area contributed by atoms with Crippen LogP contribution in [0.15, 0.2) is 18.2 Å². The predicted molar refractivity (Wildman–Crippen MR) is 58.2 cm³/mol. The number of rotatable bonds is 2. The van der Waals surface area contributed by atoms with Crippen LogP contribution in [-0.2, 0) is 0 Å². The summed E-state index contributed by atoms with van der Waals surface area (Å²) in [5.41, 5.74) is -1.55. The normalized spacial score (nSPS) is 17.9. The van der Waals surface area contributed by atoms with Crippen molar-refractivity contribution in [2.75, 3.05) is 0 Å². The van der Waals surface area contributed by atoms with Gasteiger partial charge in [-0.15, -0.1) is 0 Å². The zero-order valence-electron chi connectivity index (χ0n) is 9.07. The van der Waals surface area contributed by atoms with E-state index in [4.69, 9.17) is 11.6 Å². The first-order valence-electron chi connectivity index (χ1n) is 5.16. The lowest BCUT2D eigenvalue weighted by Crippen LogP contribution is -2.33. The summed E-state index contributed by atoms with van der Waals surface area (Å²) in [4.78, 5) is 11.9. The van der Waals surface area contributed by atoms with Crippen LogP contribution >= 0.6 is 11.6 Å². The maximum atomic E-state index is 12.8. The van der Waals surface area contributed by atoms with Crippen molar-refractivity contribution < 1.29 is 18.0 Å². The van der Waals surface area contributed by atoms with E-state index in [1.54, 1.807) is 6.92 Å². The van der Waals surface area contributed by atoms with Crippen molar-refractivity contribution in [3.8, 4) is 0 Å². The fourth-order valence-corrected chi connectivity index (χ4v) is 2.13. The summed E-state index contributed by atoms with van der Waals surface area (Å²) in [6.07, 6.45) is -4.69. The van der Waals surface area contributed by atoms with Gasteiger partial charge in [0.25, 0.3) is 0 Å². The molecule has 5 heteroatoms. The number of ketones is 1. The molecular formula is C12H10ClF3O. The summed E-state index contributed by atoms with van der Waals surface area (Å²) in [6.45, 7) is 1.59. The topological polar surface area (TPSA) is 17.1 Å². The molecule has 0 radical (unpaired) electrons. The summed E-state index contributed by atoms with van der Waals surface area (Å²) in [6, 6.07) is 4.31. The first-order chi connectivity index (χ1) is 7.78. The Morgan fingerprint density at radius 2 is 1.94 bits per heavy atom. The molecule has 0 heterocycles. The minimum atomic E-state index is -4.46. The molecule has 17 heavy (non-hydrogen) atoms. The van der Waals surface area contributed by atoms with Crippen molar-refractivity contribution in [2.24, 2.45) is 5.41 Å². The third-order valence-electron chi connectivity index (χ3n) is 3.16. The molecule has 1 aliphatic rings. The monoisotopic (exact) mass is 262 g/mol. The number of benzene rings is 1. The summed E-state index contributed by atoms with van der Waals surface area (Å²) < 4.78 is 38.4. The second kappa shape index (κ2) is 3.73. The number of hydrogen-bond acceptors (Lipinski definition) is 1. The fourth-order valence-electron chi connectivity index (χ4n) is 1.90. The van der Waals surface area contributed by atoms with Gasteiger partial charge in [-0.1, -0.05) is 11.6 Å². The average Bonchev–Trinajstić information content (AvgIpc) is 2.95. The van der Waals surface area contributed by atoms with Crippen molar-refractivity contribution in [1.29, 1.82) is 0 Å². The Hall–Kier alpha value is -1.03. The van der Waals surface area contributed by atoms with E-state index in [0.29, 0.717) is 10.6 Å². The zero-order chi connectivity index (χ0) is 12.8. The Morgan fingerprint density at radius 1 is 1.35 bits per heavy atom. The van der Waals surface area contributed by atoms with Crippen molar-refractivity contribution in [2.45, 2.75) is 25.9 Å². The number of halogens is 4. The first-order valence-corrected chi connectivity index (χ1v) is 5.53. The molecule has 0 aromatic heterocycles. The van der Waals surface area contributed by atoms with E-state index in [1.807, 2.05) is 0 Å². The highest BCUT2D eigenvalue weighted by molar-refractivity contribution is 6.30. The molecule has 0 bridgehead atoms. The van der Waals surface area contributed by atoms with Crippen LogP contribution in [0.1, 0.15) is 28.8 Å². The van der Waals surface area contributed by atoms with Gasteiger partial charge in [0.1, 0.15) is 5.41 Å². The van der Waals surface area contributed by atoms with Crippen molar-refractivity contribution in [1.82, 2.24) is 0 Å². The second-order valence-corrected chi connectivity index (χ2v) is 4.80. The number of carbonyl (C=O) groups excluding carboxylic acids is 1. The highest BCUT2D eigenvalue weighted by Crippen LogP contribution is 2.59. The smallest absolute Gasteiger partial charge is 0.293 e. The average molecular weight is 263 g/mol.